The summed E-state index contributed by atoms with van der Waals surface area (Å²) >= 11 is 0. The van der Waals surface area contributed by atoms with Crippen LogP contribution in [-0.2, 0) is 17.9 Å². The number of piperidine rings is 1. The highest BCUT2D eigenvalue weighted by atomic mass is 19.1. The van der Waals surface area contributed by atoms with Gasteiger partial charge in [-0.1, -0.05) is 31.2 Å². The first-order valence-corrected chi connectivity index (χ1v) is 10.0. The van der Waals surface area contributed by atoms with E-state index >= 15 is 0 Å². The maximum atomic E-state index is 13.2. The van der Waals surface area contributed by atoms with Gasteiger partial charge in [0.15, 0.2) is 0 Å². The van der Waals surface area contributed by atoms with Crippen molar-refractivity contribution in [3.05, 3.63) is 65.5 Å². The molecule has 4 nitrogen and oxygen atoms in total. The maximum absolute atomic E-state index is 13.2. The van der Waals surface area contributed by atoms with E-state index in [-0.39, 0.29) is 11.7 Å². The topological polar surface area (TPSA) is 50.4 Å². The van der Waals surface area contributed by atoms with Crippen molar-refractivity contribution in [1.82, 2.24) is 10.6 Å². The molecule has 1 atom stereocenters. The first-order valence-electron chi connectivity index (χ1n) is 10.0. The number of hydrogen-bond acceptors (Lipinski definition) is 3. The Kier molecular flexibility index (Phi) is 7.43. The third-order valence-electron chi connectivity index (χ3n) is 5.40. The Bertz CT molecular complexity index is 757. The van der Waals surface area contributed by atoms with Gasteiger partial charge in [-0.15, -0.1) is 0 Å². The maximum Gasteiger partial charge on any atom is 0.220 e. The molecule has 0 spiro atoms. The Balaban J connectivity index is 1.40. The lowest BCUT2D eigenvalue weighted by molar-refractivity contribution is -0.122. The van der Waals surface area contributed by atoms with E-state index in [2.05, 4.69) is 17.6 Å². The van der Waals surface area contributed by atoms with Gasteiger partial charge in [0.1, 0.15) is 18.2 Å². The van der Waals surface area contributed by atoms with E-state index < -0.39 is 0 Å². The van der Waals surface area contributed by atoms with Crippen molar-refractivity contribution in [2.45, 2.75) is 39.3 Å². The molecule has 0 aliphatic carbocycles. The number of rotatable bonds is 8. The predicted octanol–water partition coefficient (Wildman–Crippen LogP) is 4.05. The van der Waals surface area contributed by atoms with Crippen molar-refractivity contribution in [2.24, 2.45) is 11.8 Å². The molecule has 2 aromatic carbocycles. The normalized spacial score (nSPS) is 15.8. The average Bonchev–Trinajstić information content (AvgIpc) is 2.72. The molecule has 1 unspecified atom stereocenters. The van der Waals surface area contributed by atoms with Gasteiger partial charge in [-0.05, 0) is 73.2 Å². The Morgan fingerprint density at radius 3 is 2.64 bits per heavy atom. The van der Waals surface area contributed by atoms with Crippen LogP contribution in [0.5, 0.6) is 5.75 Å². The summed E-state index contributed by atoms with van der Waals surface area (Å²) < 4.78 is 18.9. The zero-order chi connectivity index (χ0) is 19.8. The van der Waals surface area contributed by atoms with Crippen LogP contribution in [0.15, 0.2) is 48.5 Å². The van der Waals surface area contributed by atoms with Gasteiger partial charge >= 0.3 is 0 Å². The Morgan fingerprint density at radius 2 is 1.93 bits per heavy atom. The number of halogens is 1. The fourth-order valence-electron chi connectivity index (χ4n) is 3.64. The SMILES string of the molecule is CC(CC(=O)NCc1ccc(OCc2cccc(F)c2)cc1)C1CCNCC1. The molecule has 5 heteroatoms. The van der Waals surface area contributed by atoms with Crippen LogP contribution >= 0.6 is 0 Å². The summed E-state index contributed by atoms with van der Waals surface area (Å²) in [4.78, 5) is 12.2. The van der Waals surface area contributed by atoms with E-state index in [1.54, 1.807) is 6.07 Å². The second kappa shape index (κ2) is 10.2. The Morgan fingerprint density at radius 1 is 1.18 bits per heavy atom. The van der Waals surface area contributed by atoms with E-state index in [9.17, 15) is 9.18 Å². The van der Waals surface area contributed by atoms with Crippen molar-refractivity contribution >= 4 is 5.91 Å². The lowest BCUT2D eigenvalue weighted by Gasteiger charge is -2.27. The second-order valence-electron chi connectivity index (χ2n) is 7.61. The summed E-state index contributed by atoms with van der Waals surface area (Å²) in [5, 5.41) is 6.38. The van der Waals surface area contributed by atoms with E-state index in [1.165, 1.54) is 12.1 Å². The smallest absolute Gasteiger partial charge is 0.220 e. The number of ether oxygens (including phenoxy) is 1. The van der Waals surface area contributed by atoms with E-state index in [1.807, 2.05) is 30.3 Å². The van der Waals surface area contributed by atoms with Gasteiger partial charge in [0.25, 0.3) is 0 Å². The molecule has 3 rings (SSSR count). The van der Waals surface area contributed by atoms with Gasteiger partial charge in [0.2, 0.25) is 5.91 Å². The highest BCUT2D eigenvalue weighted by Crippen LogP contribution is 2.24. The summed E-state index contributed by atoms with van der Waals surface area (Å²) in [5.74, 6) is 1.63. The first kappa shape index (κ1) is 20.3. The molecule has 1 amide bonds. The summed E-state index contributed by atoms with van der Waals surface area (Å²) in [5.41, 5.74) is 1.82. The molecule has 1 aliphatic heterocycles. The summed E-state index contributed by atoms with van der Waals surface area (Å²) in [7, 11) is 0. The van der Waals surface area contributed by atoms with Crippen LogP contribution in [0.3, 0.4) is 0 Å². The zero-order valence-corrected chi connectivity index (χ0v) is 16.4. The molecule has 1 heterocycles. The average molecular weight is 384 g/mol. The molecule has 1 aliphatic rings. The van der Waals surface area contributed by atoms with Crippen LogP contribution in [0.2, 0.25) is 0 Å². The van der Waals surface area contributed by atoms with E-state index in [4.69, 9.17) is 4.74 Å². The molecule has 1 fully saturated rings. The monoisotopic (exact) mass is 384 g/mol. The molecule has 0 bridgehead atoms. The fraction of sp³-hybridized carbons (Fsp3) is 0.435. The van der Waals surface area contributed by atoms with Crippen LogP contribution in [0, 0.1) is 17.7 Å². The molecule has 0 radical (unpaired) electrons. The molecule has 0 saturated carbocycles. The van der Waals surface area contributed by atoms with Gasteiger partial charge in [-0.3, -0.25) is 4.79 Å². The lowest BCUT2D eigenvalue weighted by atomic mass is 9.84. The summed E-state index contributed by atoms with van der Waals surface area (Å²) in [6.07, 6.45) is 2.90. The quantitative estimate of drug-likeness (QED) is 0.722. The summed E-state index contributed by atoms with van der Waals surface area (Å²) in [6, 6.07) is 14.0. The first-order chi connectivity index (χ1) is 13.6. The molecule has 28 heavy (non-hydrogen) atoms. The van der Waals surface area contributed by atoms with Crippen molar-refractivity contribution in [3.63, 3.8) is 0 Å². The van der Waals surface area contributed by atoms with Gasteiger partial charge in [-0.2, -0.15) is 0 Å². The third kappa shape index (κ3) is 6.34. The van der Waals surface area contributed by atoms with E-state index in [0.29, 0.717) is 31.4 Å². The molecule has 1 saturated heterocycles. The van der Waals surface area contributed by atoms with Crippen molar-refractivity contribution in [3.8, 4) is 5.75 Å². The summed E-state index contributed by atoms with van der Waals surface area (Å²) in [6.45, 7) is 5.14. The van der Waals surface area contributed by atoms with Crippen LogP contribution in [0.4, 0.5) is 4.39 Å². The molecule has 150 valence electrons. The molecular formula is C23H29FN2O2. The number of benzene rings is 2. The molecule has 0 aromatic heterocycles. The largest absolute Gasteiger partial charge is 0.489 e. The fourth-order valence-corrected chi connectivity index (χ4v) is 3.64. The Hall–Kier alpha value is -2.40. The van der Waals surface area contributed by atoms with Crippen LogP contribution in [0.1, 0.15) is 37.3 Å². The van der Waals surface area contributed by atoms with Crippen LogP contribution < -0.4 is 15.4 Å². The van der Waals surface area contributed by atoms with Gasteiger partial charge in [-0.25, -0.2) is 4.39 Å². The van der Waals surface area contributed by atoms with Crippen molar-refractivity contribution in [1.29, 1.82) is 0 Å². The predicted molar refractivity (Wildman–Crippen MR) is 108 cm³/mol. The number of amides is 1. The second-order valence-corrected chi connectivity index (χ2v) is 7.61. The number of carbonyl (C=O) groups is 1. The molecular weight excluding hydrogens is 355 g/mol. The number of nitrogens with one attached hydrogen (secondary N) is 2. The van der Waals surface area contributed by atoms with Crippen LogP contribution in [-0.4, -0.2) is 19.0 Å². The minimum absolute atomic E-state index is 0.109. The van der Waals surface area contributed by atoms with Gasteiger partial charge in [0, 0.05) is 13.0 Å². The van der Waals surface area contributed by atoms with Gasteiger partial charge in [0.05, 0.1) is 0 Å². The minimum atomic E-state index is -0.262. The number of carbonyl (C=O) groups excluding carboxylic acids is 1. The highest BCUT2D eigenvalue weighted by molar-refractivity contribution is 5.76. The third-order valence-corrected chi connectivity index (χ3v) is 5.40. The van der Waals surface area contributed by atoms with E-state index in [0.717, 1.165) is 42.8 Å². The Labute approximate surface area is 166 Å². The van der Waals surface area contributed by atoms with Crippen molar-refractivity contribution in [2.75, 3.05) is 13.1 Å². The highest BCUT2D eigenvalue weighted by Gasteiger charge is 2.21. The number of hydrogen-bond donors (Lipinski definition) is 2. The van der Waals surface area contributed by atoms with Gasteiger partial charge < -0.3 is 15.4 Å². The molecule has 2 N–H and O–H groups in total. The minimum Gasteiger partial charge on any atom is -0.489 e. The lowest BCUT2D eigenvalue weighted by Crippen LogP contribution is -2.33. The zero-order valence-electron chi connectivity index (χ0n) is 16.4. The molecule has 2 aromatic rings. The standard InChI is InChI=1S/C23H29FN2O2/c1-17(20-9-11-25-12-10-20)13-23(27)26-15-18-5-7-22(8-6-18)28-16-19-3-2-4-21(24)14-19/h2-8,14,17,20,25H,9-13,15-16H2,1H3,(H,26,27). The van der Waals surface area contributed by atoms with Crippen LogP contribution in [0.25, 0.3) is 0 Å². The van der Waals surface area contributed by atoms with Crippen molar-refractivity contribution < 1.29 is 13.9 Å².